The number of aromatic nitrogens is 2. The molecular formula is C25H40N2O10P+. The number of rotatable bonds is 21. The summed E-state index contributed by atoms with van der Waals surface area (Å²) in [4.78, 5) is 45.5. The Balaban J connectivity index is 1.66. The molecule has 1 aliphatic heterocycles. The molecule has 0 aromatic carbocycles. The number of carboxylic acids is 1. The highest BCUT2D eigenvalue weighted by Crippen LogP contribution is 2.39. The summed E-state index contributed by atoms with van der Waals surface area (Å²) in [5.74, 6) is -0.988. The van der Waals surface area contributed by atoms with Crippen LogP contribution in [-0.4, -0.2) is 49.9 Å². The lowest BCUT2D eigenvalue weighted by Gasteiger charge is -2.21. The van der Waals surface area contributed by atoms with Crippen LogP contribution in [0.2, 0.25) is 0 Å². The molecule has 0 bridgehead atoms. The van der Waals surface area contributed by atoms with Crippen LogP contribution < -0.4 is 11.2 Å². The molecular weight excluding hydrogens is 519 g/mol. The number of carbonyl (C=O) groups is 1. The van der Waals surface area contributed by atoms with Crippen LogP contribution in [0.4, 0.5) is 0 Å². The minimum atomic E-state index is -3.06. The second-order valence-electron chi connectivity index (χ2n) is 9.33. The van der Waals surface area contributed by atoms with Crippen LogP contribution in [0.15, 0.2) is 33.4 Å². The first-order chi connectivity index (χ1) is 18.3. The maximum absolute atomic E-state index is 12.3. The summed E-state index contributed by atoms with van der Waals surface area (Å²) in [5, 5.41) is 18.2. The molecule has 214 valence electrons. The molecule has 0 radical (unpaired) electrons. The van der Waals surface area contributed by atoms with Gasteiger partial charge in [-0.05, 0) is 12.8 Å². The molecule has 1 aromatic rings. The van der Waals surface area contributed by atoms with Gasteiger partial charge in [-0.25, -0.2) is 9.32 Å². The summed E-state index contributed by atoms with van der Waals surface area (Å²) >= 11 is 0. The SMILES string of the molecule is O=C(O)CCCCCCCCCCCCCCCOC1C(O[P+](=O)O)=C(CO)O[C@H]1n1ccc(=O)[nH]c1=O. The molecule has 2 rings (SSSR count). The van der Waals surface area contributed by atoms with Crippen LogP contribution in [0.3, 0.4) is 0 Å². The Bertz CT molecular complexity index is 1020. The lowest BCUT2D eigenvalue weighted by atomic mass is 10.0. The summed E-state index contributed by atoms with van der Waals surface area (Å²) in [5.41, 5.74) is -1.34. The highest BCUT2D eigenvalue weighted by Gasteiger charge is 2.45. The van der Waals surface area contributed by atoms with Gasteiger partial charge in [0.05, 0.1) is 0 Å². The van der Waals surface area contributed by atoms with E-state index in [1.807, 2.05) is 0 Å². The van der Waals surface area contributed by atoms with Gasteiger partial charge in [-0.3, -0.25) is 19.1 Å². The van der Waals surface area contributed by atoms with Gasteiger partial charge >= 0.3 is 19.9 Å². The molecule has 0 aliphatic carbocycles. The first-order valence-electron chi connectivity index (χ1n) is 13.3. The van der Waals surface area contributed by atoms with Crippen LogP contribution in [0.25, 0.3) is 0 Å². The lowest BCUT2D eigenvalue weighted by molar-refractivity contribution is -0.137. The van der Waals surface area contributed by atoms with Gasteiger partial charge in [-0.15, -0.1) is 4.89 Å². The predicted octanol–water partition coefficient (Wildman–Crippen LogP) is 3.87. The zero-order valence-corrected chi connectivity index (χ0v) is 22.6. The number of ether oxygens (including phenoxy) is 2. The lowest BCUT2D eigenvalue weighted by Crippen LogP contribution is -2.37. The first kappa shape index (κ1) is 31.7. The number of H-pyrrole nitrogens is 1. The number of hydrogen-bond acceptors (Lipinski definition) is 8. The molecule has 2 heterocycles. The van der Waals surface area contributed by atoms with E-state index in [0.717, 1.165) is 62.0 Å². The standard InChI is InChI=1S/C25H39N2O10P/c28-18-19-22(37-38(33)34)23(24(36-19)27-16-15-20(29)26-25(27)32)35-17-13-11-9-7-5-3-1-2-4-6-8-10-12-14-21(30)31/h15-16,23-24,28H,1-14,17-18H2,(H2-,26,29,30,31,32,33,34)/p+1/t23?,24-/m1/s1. The number of hydrogen-bond donors (Lipinski definition) is 4. The predicted molar refractivity (Wildman–Crippen MR) is 138 cm³/mol. The van der Waals surface area contributed by atoms with Crippen molar-refractivity contribution in [2.45, 2.75) is 102 Å². The Morgan fingerprint density at radius 2 is 1.53 bits per heavy atom. The van der Waals surface area contributed by atoms with E-state index in [2.05, 4.69) is 4.98 Å². The summed E-state index contributed by atoms with van der Waals surface area (Å²) < 4.78 is 28.8. The first-order valence-corrected chi connectivity index (χ1v) is 14.5. The highest BCUT2D eigenvalue weighted by molar-refractivity contribution is 7.32. The number of aliphatic hydroxyl groups excluding tert-OH is 1. The van der Waals surface area contributed by atoms with Crippen molar-refractivity contribution in [2.24, 2.45) is 0 Å². The van der Waals surface area contributed by atoms with Crippen molar-refractivity contribution in [3.63, 3.8) is 0 Å². The Hall–Kier alpha value is -2.53. The van der Waals surface area contributed by atoms with Crippen LogP contribution in [0.5, 0.6) is 0 Å². The molecule has 2 unspecified atom stereocenters. The Morgan fingerprint density at radius 3 is 2.03 bits per heavy atom. The van der Waals surface area contributed by atoms with Crippen molar-refractivity contribution in [3.8, 4) is 0 Å². The Kier molecular flexibility index (Phi) is 14.9. The van der Waals surface area contributed by atoms with Crippen molar-refractivity contribution < 1.29 is 38.5 Å². The number of nitrogens with one attached hydrogen (secondary N) is 1. The molecule has 0 saturated heterocycles. The van der Waals surface area contributed by atoms with Gasteiger partial charge in [0.1, 0.15) is 6.61 Å². The van der Waals surface area contributed by atoms with Gasteiger partial charge in [0, 0.05) is 29.9 Å². The zero-order chi connectivity index (χ0) is 27.8. The molecule has 0 amide bonds. The fourth-order valence-corrected chi connectivity index (χ4v) is 4.75. The molecule has 0 spiro atoms. The topological polar surface area (TPSA) is 177 Å². The summed E-state index contributed by atoms with van der Waals surface area (Å²) in [7, 11) is -3.06. The van der Waals surface area contributed by atoms with Gasteiger partial charge < -0.3 is 19.7 Å². The van der Waals surface area contributed by atoms with E-state index in [0.29, 0.717) is 0 Å². The minimum Gasteiger partial charge on any atom is -0.481 e. The van der Waals surface area contributed by atoms with E-state index in [9.17, 15) is 28.9 Å². The van der Waals surface area contributed by atoms with Gasteiger partial charge in [0.25, 0.3) is 5.56 Å². The zero-order valence-electron chi connectivity index (χ0n) is 21.7. The van der Waals surface area contributed by atoms with Gasteiger partial charge in [-0.1, -0.05) is 70.6 Å². The van der Waals surface area contributed by atoms with E-state index in [1.54, 1.807) is 0 Å². The van der Waals surface area contributed by atoms with E-state index in [1.165, 1.54) is 38.3 Å². The minimum absolute atomic E-state index is 0.117. The molecule has 1 aromatic heterocycles. The fourth-order valence-electron chi connectivity index (χ4n) is 4.38. The monoisotopic (exact) mass is 559 g/mol. The molecule has 3 atom stereocenters. The molecule has 13 heteroatoms. The quantitative estimate of drug-likeness (QED) is 0.128. The molecule has 12 nitrogen and oxygen atoms in total. The number of unbranched alkanes of at least 4 members (excludes halogenated alkanes) is 12. The van der Waals surface area contributed by atoms with Gasteiger partial charge in [0.15, 0.2) is 11.9 Å². The van der Waals surface area contributed by atoms with Crippen molar-refractivity contribution in [3.05, 3.63) is 44.6 Å². The summed E-state index contributed by atoms with van der Waals surface area (Å²) in [6, 6.07) is 1.14. The van der Waals surface area contributed by atoms with Crippen molar-refractivity contribution >= 4 is 14.2 Å². The van der Waals surface area contributed by atoms with Crippen LogP contribution in [0, 0.1) is 0 Å². The van der Waals surface area contributed by atoms with E-state index >= 15 is 0 Å². The maximum atomic E-state index is 12.3. The summed E-state index contributed by atoms with van der Waals surface area (Å²) in [6.07, 6.45) is 13.1. The molecule has 0 saturated carbocycles. The second kappa shape index (κ2) is 17.9. The largest absolute Gasteiger partial charge is 0.747 e. The van der Waals surface area contributed by atoms with Gasteiger partial charge in [-0.2, -0.15) is 0 Å². The van der Waals surface area contributed by atoms with E-state index in [-0.39, 0.29) is 24.5 Å². The fraction of sp³-hybridized carbons (Fsp3) is 0.720. The Labute approximate surface area is 222 Å². The average Bonchev–Trinajstić information content (AvgIpc) is 3.19. The third-order valence-corrected chi connectivity index (χ3v) is 6.69. The highest BCUT2D eigenvalue weighted by atomic mass is 31.1. The molecule has 38 heavy (non-hydrogen) atoms. The second-order valence-corrected chi connectivity index (χ2v) is 9.99. The number of aliphatic carboxylic acids is 1. The smallest absolute Gasteiger partial charge is 0.481 e. The van der Waals surface area contributed by atoms with Crippen LogP contribution in [0.1, 0.15) is 96.1 Å². The van der Waals surface area contributed by atoms with Gasteiger partial charge in [0.2, 0.25) is 12.0 Å². The van der Waals surface area contributed by atoms with Crippen molar-refractivity contribution in [1.82, 2.24) is 9.55 Å². The normalized spacial score (nSPS) is 17.5. The average molecular weight is 560 g/mol. The van der Waals surface area contributed by atoms with Crippen molar-refractivity contribution in [1.29, 1.82) is 0 Å². The molecule has 0 fully saturated rings. The van der Waals surface area contributed by atoms with Crippen molar-refractivity contribution in [2.75, 3.05) is 13.2 Å². The third-order valence-electron chi connectivity index (χ3n) is 6.33. The number of aliphatic hydroxyl groups is 1. The third kappa shape index (κ3) is 11.5. The maximum Gasteiger partial charge on any atom is 0.747 e. The van der Waals surface area contributed by atoms with Crippen LogP contribution >= 0.6 is 8.25 Å². The number of carboxylic acid groups (broad SMARTS) is 1. The van der Waals surface area contributed by atoms with Crippen LogP contribution in [-0.2, 0) is 23.4 Å². The molecule has 4 N–H and O–H groups in total. The van der Waals surface area contributed by atoms with E-state index < -0.39 is 44.4 Å². The Morgan fingerprint density at radius 1 is 0.974 bits per heavy atom. The van der Waals surface area contributed by atoms with E-state index in [4.69, 9.17) is 19.1 Å². The molecule has 1 aliphatic rings. The summed E-state index contributed by atoms with van der Waals surface area (Å²) in [6.45, 7) is -0.345. The number of aromatic amines is 1. The number of nitrogens with zero attached hydrogens (tertiary/aromatic N) is 1.